The Balaban J connectivity index is 0. The van der Waals surface area contributed by atoms with Crippen LogP contribution in [0.2, 0.25) is 0 Å². The van der Waals surface area contributed by atoms with E-state index < -0.39 is 0 Å². The number of hydrogen-bond acceptors (Lipinski definition) is 1. The average molecular weight is 362 g/mol. The molecule has 0 aliphatic rings. The second-order valence-corrected chi connectivity index (χ2v) is 6.96. The van der Waals surface area contributed by atoms with E-state index in [1.165, 1.54) is 82.6 Å². The summed E-state index contributed by atoms with van der Waals surface area (Å²) < 4.78 is 0. The monoisotopic (exact) mass is 361 g/mol. The van der Waals surface area contributed by atoms with Gasteiger partial charge in [-0.15, -0.1) is 17.0 Å². The molecule has 0 aromatic rings. The molecule has 0 aliphatic heterocycles. The molecule has 0 saturated heterocycles. The smallest absolute Gasteiger partial charge is 0.0308 e. The largest absolute Gasteiger partial charge is 0.322 e. The lowest BCUT2D eigenvalue weighted by Crippen LogP contribution is -2.33. The van der Waals surface area contributed by atoms with Gasteiger partial charge in [-0.1, -0.05) is 89.7 Å². The first-order chi connectivity index (χ1) is 9.48. The first kappa shape index (κ1) is 23.4. The predicted octanol–water partition coefficient (Wildman–Crippen LogP) is 6.95. The third kappa shape index (κ3) is 16.4. The molecule has 0 aromatic heterocycles. The molecule has 0 aromatic carbocycles. The standard InChI is InChI=1S/C19H39N.BrH/c1-5-6-7-8-9-10-11-12-13-14-15-16-17-18(2)19(3,4)20;/h2,5-17,20H2,1,3-4H3;1H. The van der Waals surface area contributed by atoms with E-state index in [0.29, 0.717) is 0 Å². The van der Waals surface area contributed by atoms with Crippen LogP contribution in [-0.2, 0) is 0 Å². The summed E-state index contributed by atoms with van der Waals surface area (Å²) in [5.41, 5.74) is 7.02. The third-order valence-electron chi connectivity index (χ3n) is 4.24. The summed E-state index contributed by atoms with van der Waals surface area (Å²) in [6.07, 6.45) is 17.9. The number of unbranched alkanes of at least 4 members (excludes halogenated alkanes) is 11. The van der Waals surface area contributed by atoms with E-state index in [2.05, 4.69) is 27.4 Å². The normalized spacial score (nSPS) is 11.2. The van der Waals surface area contributed by atoms with E-state index in [0.717, 1.165) is 6.42 Å². The maximum absolute atomic E-state index is 6.02. The Morgan fingerprint density at radius 1 is 0.762 bits per heavy atom. The Morgan fingerprint density at radius 2 is 1.10 bits per heavy atom. The fraction of sp³-hybridized carbons (Fsp3) is 0.895. The van der Waals surface area contributed by atoms with Crippen molar-refractivity contribution >= 4 is 17.0 Å². The summed E-state index contributed by atoms with van der Waals surface area (Å²) in [7, 11) is 0. The van der Waals surface area contributed by atoms with E-state index in [1.54, 1.807) is 0 Å². The number of nitrogens with two attached hydrogens (primary N) is 1. The third-order valence-corrected chi connectivity index (χ3v) is 4.24. The quantitative estimate of drug-likeness (QED) is 0.263. The molecule has 0 unspecified atom stereocenters. The van der Waals surface area contributed by atoms with E-state index in [4.69, 9.17) is 5.73 Å². The molecule has 0 radical (unpaired) electrons. The van der Waals surface area contributed by atoms with Gasteiger partial charge in [0.1, 0.15) is 0 Å². The molecular formula is C19H40BrN. The van der Waals surface area contributed by atoms with E-state index >= 15 is 0 Å². The summed E-state index contributed by atoms with van der Waals surface area (Å²) in [5.74, 6) is 0. The van der Waals surface area contributed by atoms with Crippen LogP contribution in [0.15, 0.2) is 12.2 Å². The Morgan fingerprint density at radius 3 is 1.43 bits per heavy atom. The Bertz CT molecular complexity index is 230. The second-order valence-electron chi connectivity index (χ2n) is 6.96. The van der Waals surface area contributed by atoms with E-state index in [1.807, 2.05) is 0 Å². The van der Waals surface area contributed by atoms with Crippen LogP contribution in [-0.4, -0.2) is 5.54 Å². The Labute approximate surface area is 144 Å². The average Bonchev–Trinajstić information content (AvgIpc) is 2.38. The molecule has 0 fully saturated rings. The summed E-state index contributed by atoms with van der Waals surface area (Å²) in [6, 6.07) is 0. The first-order valence-corrected chi connectivity index (χ1v) is 8.95. The Hall–Kier alpha value is 0.180. The first-order valence-electron chi connectivity index (χ1n) is 8.95. The second kappa shape index (κ2) is 15.1. The van der Waals surface area contributed by atoms with Gasteiger partial charge in [-0.2, -0.15) is 0 Å². The molecule has 0 rings (SSSR count). The highest BCUT2D eigenvalue weighted by atomic mass is 79.9. The molecule has 2 heteroatoms. The minimum absolute atomic E-state index is 0. The summed E-state index contributed by atoms with van der Waals surface area (Å²) in [5, 5.41) is 0. The lowest BCUT2D eigenvalue weighted by atomic mass is 9.92. The van der Waals surface area contributed by atoms with Crippen molar-refractivity contribution in [2.45, 2.75) is 110 Å². The zero-order valence-electron chi connectivity index (χ0n) is 14.9. The van der Waals surface area contributed by atoms with Crippen LogP contribution >= 0.6 is 17.0 Å². The lowest BCUT2D eigenvalue weighted by Gasteiger charge is -2.21. The minimum atomic E-state index is -0.197. The van der Waals surface area contributed by atoms with Crippen LogP contribution in [0.5, 0.6) is 0 Å². The molecule has 0 spiro atoms. The highest BCUT2D eigenvalue weighted by molar-refractivity contribution is 8.93. The van der Waals surface area contributed by atoms with Crippen LogP contribution < -0.4 is 5.73 Å². The molecule has 21 heavy (non-hydrogen) atoms. The molecule has 0 aliphatic carbocycles. The summed E-state index contributed by atoms with van der Waals surface area (Å²) in [4.78, 5) is 0. The van der Waals surface area contributed by atoms with Gasteiger partial charge in [0.2, 0.25) is 0 Å². The predicted molar refractivity (Wildman–Crippen MR) is 103 cm³/mol. The summed E-state index contributed by atoms with van der Waals surface area (Å²) >= 11 is 0. The van der Waals surface area contributed by atoms with Crippen molar-refractivity contribution in [3.05, 3.63) is 12.2 Å². The molecular weight excluding hydrogens is 322 g/mol. The lowest BCUT2D eigenvalue weighted by molar-refractivity contribution is 0.531. The van der Waals surface area contributed by atoms with Gasteiger partial charge < -0.3 is 5.73 Å². The van der Waals surface area contributed by atoms with Crippen molar-refractivity contribution in [1.82, 2.24) is 0 Å². The van der Waals surface area contributed by atoms with Crippen molar-refractivity contribution in [1.29, 1.82) is 0 Å². The maximum Gasteiger partial charge on any atom is 0.0308 e. The van der Waals surface area contributed by atoms with Crippen LogP contribution in [0, 0.1) is 0 Å². The number of rotatable bonds is 14. The van der Waals surface area contributed by atoms with Crippen molar-refractivity contribution in [2.24, 2.45) is 5.73 Å². The van der Waals surface area contributed by atoms with Crippen LogP contribution in [0.1, 0.15) is 104 Å². The zero-order chi connectivity index (χ0) is 15.3. The zero-order valence-corrected chi connectivity index (χ0v) is 16.6. The van der Waals surface area contributed by atoms with Gasteiger partial charge in [0.15, 0.2) is 0 Å². The van der Waals surface area contributed by atoms with E-state index in [9.17, 15) is 0 Å². The van der Waals surface area contributed by atoms with Gasteiger partial charge in [-0.3, -0.25) is 0 Å². The molecule has 2 N–H and O–H groups in total. The van der Waals surface area contributed by atoms with Gasteiger partial charge in [-0.05, 0) is 26.7 Å². The minimum Gasteiger partial charge on any atom is -0.322 e. The highest BCUT2D eigenvalue weighted by Gasteiger charge is 2.14. The number of halogens is 1. The fourth-order valence-electron chi connectivity index (χ4n) is 2.50. The van der Waals surface area contributed by atoms with Gasteiger partial charge in [0.25, 0.3) is 0 Å². The van der Waals surface area contributed by atoms with Crippen LogP contribution in [0.3, 0.4) is 0 Å². The van der Waals surface area contributed by atoms with Crippen molar-refractivity contribution in [2.75, 3.05) is 0 Å². The highest BCUT2D eigenvalue weighted by Crippen LogP contribution is 2.18. The van der Waals surface area contributed by atoms with Crippen molar-refractivity contribution in [3.8, 4) is 0 Å². The summed E-state index contributed by atoms with van der Waals surface area (Å²) in [6.45, 7) is 10.5. The van der Waals surface area contributed by atoms with Crippen LogP contribution in [0.25, 0.3) is 0 Å². The van der Waals surface area contributed by atoms with Gasteiger partial charge in [-0.25, -0.2) is 0 Å². The van der Waals surface area contributed by atoms with Gasteiger partial charge in [0.05, 0.1) is 0 Å². The van der Waals surface area contributed by atoms with Crippen molar-refractivity contribution in [3.63, 3.8) is 0 Å². The number of hydrogen-bond donors (Lipinski definition) is 1. The van der Waals surface area contributed by atoms with Crippen molar-refractivity contribution < 1.29 is 0 Å². The van der Waals surface area contributed by atoms with Crippen LogP contribution in [0.4, 0.5) is 0 Å². The molecule has 128 valence electrons. The molecule has 0 bridgehead atoms. The molecule has 0 heterocycles. The fourth-order valence-corrected chi connectivity index (χ4v) is 2.50. The Kier molecular flexibility index (Phi) is 16.8. The van der Waals surface area contributed by atoms with E-state index in [-0.39, 0.29) is 22.5 Å². The maximum atomic E-state index is 6.02. The SMILES string of the molecule is Br.C=C(CCCCCCCCCCCCCC)C(C)(C)N. The molecule has 0 atom stereocenters. The molecule has 0 saturated carbocycles. The molecule has 1 nitrogen and oxygen atoms in total. The van der Waals surface area contributed by atoms with Gasteiger partial charge in [0, 0.05) is 5.54 Å². The topological polar surface area (TPSA) is 26.0 Å². The molecule has 0 amide bonds. The van der Waals surface area contributed by atoms with Gasteiger partial charge >= 0.3 is 0 Å².